The molecular weight excluding hydrogens is 272 g/mol. The lowest BCUT2D eigenvalue weighted by Gasteiger charge is -2.10. The Balaban J connectivity index is 2.31. The summed E-state index contributed by atoms with van der Waals surface area (Å²) in [6.45, 7) is 3.10. The molecule has 21 heavy (non-hydrogen) atoms. The van der Waals surface area contributed by atoms with Crippen LogP contribution in [0.1, 0.15) is 43.7 Å². The fourth-order valence-electron chi connectivity index (χ4n) is 1.92. The van der Waals surface area contributed by atoms with Crippen LogP contribution in [0.25, 0.3) is 0 Å². The van der Waals surface area contributed by atoms with Gasteiger partial charge in [-0.3, -0.25) is 9.59 Å². The third-order valence-electron chi connectivity index (χ3n) is 3.08. The first-order valence-electron chi connectivity index (χ1n) is 6.23. The quantitative estimate of drug-likeness (QED) is 0.752. The molecule has 6 nitrogen and oxygen atoms in total. The topological polar surface area (TPSA) is 99.3 Å². The molecule has 0 aliphatic carbocycles. The third-order valence-corrected chi connectivity index (χ3v) is 3.08. The SMILES string of the molecule is CC(=O)c1c[nH]c(C(=O)Nc2c(C)cccc2C(=O)O)c1. The Labute approximate surface area is 120 Å². The van der Waals surface area contributed by atoms with Gasteiger partial charge in [-0.05, 0) is 31.5 Å². The van der Waals surface area contributed by atoms with Gasteiger partial charge in [0.2, 0.25) is 0 Å². The van der Waals surface area contributed by atoms with E-state index in [1.165, 1.54) is 25.3 Å². The second-order valence-corrected chi connectivity index (χ2v) is 4.61. The van der Waals surface area contributed by atoms with E-state index in [1.807, 2.05) is 0 Å². The van der Waals surface area contributed by atoms with Gasteiger partial charge in [-0.15, -0.1) is 0 Å². The Kier molecular flexibility index (Phi) is 3.89. The van der Waals surface area contributed by atoms with Gasteiger partial charge >= 0.3 is 5.97 Å². The predicted octanol–water partition coefficient (Wildman–Crippen LogP) is 2.48. The molecule has 3 N–H and O–H groups in total. The number of carboxylic acid groups (broad SMARTS) is 1. The maximum absolute atomic E-state index is 12.1. The molecule has 6 heteroatoms. The van der Waals surface area contributed by atoms with Crippen LogP contribution in [0, 0.1) is 6.92 Å². The number of rotatable bonds is 4. The van der Waals surface area contributed by atoms with Crippen molar-refractivity contribution < 1.29 is 19.5 Å². The first-order valence-corrected chi connectivity index (χ1v) is 6.23. The van der Waals surface area contributed by atoms with Crippen LogP contribution in [0.2, 0.25) is 0 Å². The number of ketones is 1. The normalized spacial score (nSPS) is 10.2. The van der Waals surface area contributed by atoms with Crippen molar-refractivity contribution >= 4 is 23.3 Å². The standard InChI is InChI=1S/C15H14N2O4/c1-8-4-3-5-11(15(20)21)13(8)17-14(19)12-6-10(7-16-12)9(2)18/h3-7,16H,1-2H3,(H,17,19)(H,20,21). The highest BCUT2D eigenvalue weighted by atomic mass is 16.4. The fraction of sp³-hybridized carbons (Fsp3) is 0.133. The van der Waals surface area contributed by atoms with Crippen molar-refractivity contribution in [1.82, 2.24) is 4.98 Å². The van der Waals surface area contributed by atoms with Crippen molar-refractivity contribution in [3.05, 3.63) is 52.8 Å². The molecule has 0 saturated carbocycles. The van der Waals surface area contributed by atoms with Crippen molar-refractivity contribution in [3.8, 4) is 0 Å². The summed E-state index contributed by atoms with van der Waals surface area (Å²) in [7, 11) is 0. The zero-order valence-corrected chi connectivity index (χ0v) is 11.6. The van der Waals surface area contributed by atoms with Crippen LogP contribution in [-0.4, -0.2) is 27.8 Å². The van der Waals surface area contributed by atoms with Gasteiger partial charge in [-0.1, -0.05) is 12.1 Å². The smallest absolute Gasteiger partial charge is 0.337 e. The molecular formula is C15H14N2O4. The molecule has 0 aliphatic heterocycles. The molecule has 0 fully saturated rings. The zero-order chi connectivity index (χ0) is 15.6. The number of benzene rings is 1. The summed E-state index contributed by atoms with van der Waals surface area (Å²) in [4.78, 5) is 37.2. The van der Waals surface area contributed by atoms with Gasteiger partial charge < -0.3 is 15.4 Å². The lowest BCUT2D eigenvalue weighted by Crippen LogP contribution is -2.16. The molecule has 0 spiro atoms. The summed E-state index contributed by atoms with van der Waals surface area (Å²) in [6.07, 6.45) is 1.44. The van der Waals surface area contributed by atoms with E-state index >= 15 is 0 Å². The number of aryl methyl sites for hydroxylation is 1. The molecule has 0 radical (unpaired) electrons. The van der Waals surface area contributed by atoms with Gasteiger partial charge in [0.25, 0.3) is 5.91 Å². The minimum absolute atomic E-state index is 0.0155. The summed E-state index contributed by atoms with van der Waals surface area (Å²) in [5.41, 5.74) is 1.49. The van der Waals surface area contributed by atoms with Gasteiger partial charge in [0.15, 0.2) is 5.78 Å². The number of aromatic amines is 1. The summed E-state index contributed by atoms with van der Waals surface area (Å²) in [5, 5.41) is 11.7. The van der Waals surface area contributed by atoms with Crippen molar-refractivity contribution in [2.45, 2.75) is 13.8 Å². The minimum Gasteiger partial charge on any atom is -0.478 e. The van der Waals surface area contributed by atoms with Gasteiger partial charge in [0.05, 0.1) is 11.3 Å². The van der Waals surface area contributed by atoms with E-state index in [9.17, 15) is 14.4 Å². The number of nitrogens with one attached hydrogen (secondary N) is 2. The van der Waals surface area contributed by atoms with Crippen molar-refractivity contribution in [3.63, 3.8) is 0 Å². The maximum atomic E-state index is 12.1. The molecule has 108 valence electrons. The molecule has 1 amide bonds. The van der Waals surface area contributed by atoms with E-state index in [2.05, 4.69) is 10.3 Å². The molecule has 0 bridgehead atoms. The van der Waals surface area contributed by atoms with Crippen LogP contribution in [0.15, 0.2) is 30.5 Å². The van der Waals surface area contributed by atoms with Crippen molar-refractivity contribution in [2.75, 3.05) is 5.32 Å². The van der Waals surface area contributed by atoms with E-state index in [1.54, 1.807) is 19.1 Å². The van der Waals surface area contributed by atoms with Crippen LogP contribution < -0.4 is 5.32 Å². The Morgan fingerprint density at radius 3 is 2.52 bits per heavy atom. The van der Waals surface area contributed by atoms with Crippen LogP contribution in [0.5, 0.6) is 0 Å². The first-order chi connectivity index (χ1) is 9.90. The summed E-state index contributed by atoms with van der Waals surface area (Å²) in [6, 6.07) is 6.16. The first kappa shape index (κ1) is 14.5. The van der Waals surface area contributed by atoms with Crippen molar-refractivity contribution in [2.24, 2.45) is 0 Å². The molecule has 0 atom stereocenters. The number of carbonyl (C=O) groups is 3. The zero-order valence-electron chi connectivity index (χ0n) is 11.6. The number of carbonyl (C=O) groups excluding carboxylic acids is 2. The molecule has 1 heterocycles. The lowest BCUT2D eigenvalue weighted by molar-refractivity contribution is 0.0697. The average Bonchev–Trinajstić information content (AvgIpc) is 2.90. The van der Waals surface area contributed by atoms with E-state index in [4.69, 9.17) is 5.11 Å². The third kappa shape index (κ3) is 3.00. The number of Topliss-reactive ketones (excluding diaryl/α,β-unsaturated/α-hetero) is 1. The van der Waals surface area contributed by atoms with Gasteiger partial charge in [-0.25, -0.2) is 4.79 Å². The highest BCUT2D eigenvalue weighted by molar-refractivity contribution is 6.08. The number of H-pyrrole nitrogens is 1. The second-order valence-electron chi connectivity index (χ2n) is 4.61. The van der Waals surface area contributed by atoms with Crippen LogP contribution >= 0.6 is 0 Å². The fourth-order valence-corrected chi connectivity index (χ4v) is 1.92. The Hall–Kier alpha value is -2.89. The van der Waals surface area contributed by atoms with Crippen LogP contribution in [0.4, 0.5) is 5.69 Å². The van der Waals surface area contributed by atoms with Crippen LogP contribution in [-0.2, 0) is 0 Å². The average molecular weight is 286 g/mol. The maximum Gasteiger partial charge on any atom is 0.337 e. The van der Waals surface area contributed by atoms with Gasteiger partial charge in [0.1, 0.15) is 5.69 Å². The monoisotopic (exact) mass is 286 g/mol. The second kappa shape index (κ2) is 5.62. The number of hydrogen-bond donors (Lipinski definition) is 3. The summed E-state index contributed by atoms with van der Waals surface area (Å²) in [5.74, 6) is -1.78. The molecule has 0 unspecified atom stereocenters. The number of aromatic carboxylic acids is 1. The summed E-state index contributed by atoms with van der Waals surface area (Å²) >= 11 is 0. The van der Waals surface area contributed by atoms with E-state index in [0.717, 1.165) is 0 Å². The van der Waals surface area contributed by atoms with Crippen molar-refractivity contribution in [1.29, 1.82) is 0 Å². The molecule has 0 aliphatic rings. The Bertz CT molecular complexity index is 731. The van der Waals surface area contributed by atoms with E-state index < -0.39 is 11.9 Å². The predicted molar refractivity (Wildman–Crippen MR) is 76.9 cm³/mol. The number of amides is 1. The number of carboxylic acids is 1. The molecule has 1 aromatic heterocycles. The Morgan fingerprint density at radius 1 is 1.24 bits per heavy atom. The minimum atomic E-state index is -1.12. The largest absolute Gasteiger partial charge is 0.478 e. The molecule has 0 saturated heterocycles. The highest BCUT2D eigenvalue weighted by Crippen LogP contribution is 2.21. The number of aromatic nitrogens is 1. The number of para-hydroxylation sites is 1. The van der Waals surface area contributed by atoms with E-state index in [0.29, 0.717) is 11.1 Å². The van der Waals surface area contributed by atoms with Gasteiger partial charge in [-0.2, -0.15) is 0 Å². The van der Waals surface area contributed by atoms with E-state index in [-0.39, 0.29) is 22.7 Å². The summed E-state index contributed by atoms with van der Waals surface area (Å²) < 4.78 is 0. The molecule has 2 rings (SSSR count). The van der Waals surface area contributed by atoms with Crippen LogP contribution in [0.3, 0.4) is 0 Å². The number of hydrogen-bond acceptors (Lipinski definition) is 3. The molecule has 1 aromatic carbocycles. The highest BCUT2D eigenvalue weighted by Gasteiger charge is 2.17. The molecule has 2 aromatic rings. The Morgan fingerprint density at radius 2 is 1.95 bits per heavy atom. The number of anilines is 1. The van der Waals surface area contributed by atoms with Gasteiger partial charge in [0, 0.05) is 11.8 Å². The lowest BCUT2D eigenvalue weighted by atomic mass is 10.1.